The van der Waals surface area contributed by atoms with E-state index in [9.17, 15) is 13.2 Å². The number of pyridine rings is 1. The molecule has 0 saturated carbocycles. The van der Waals surface area contributed by atoms with E-state index in [1.54, 1.807) is 23.5 Å². The van der Waals surface area contributed by atoms with Crippen molar-refractivity contribution in [2.45, 2.75) is 11.4 Å². The van der Waals surface area contributed by atoms with Crippen LogP contribution in [0, 0.1) is 0 Å². The molecule has 0 radical (unpaired) electrons. The highest BCUT2D eigenvalue weighted by Crippen LogP contribution is 2.50. The van der Waals surface area contributed by atoms with Gasteiger partial charge in [-0.25, -0.2) is 17.9 Å². The number of hydrogen-bond donors (Lipinski definition) is 2. The second-order valence-corrected chi connectivity index (χ2v) is 11.2. The number of nitrogens with zero attached hydrogens (tertiary/aromatic N) is 3. The normalized spacial score (nSPS) is 17.1. The molecular formula is C24H22N5O3S2+. The average molecular weight is 493 g/mol. The minimum absolute atomic E-state index is 0.00960. The van der Waals surface area contributed by atoms with Crippen LogP contribution in [0.15, 0.2) is 69.9 Å². The molecule has 1 aliphatic heterocycles. The maximum atomic E-state index is 12.8. The van der Waals surface area contributed by atoms with Gasteiger partial charge in [0, 0.05) is 24.9 Å². The molecular weight excluding hydrogens is 470 g/mol. The highest BCUT2D eigenvalue weighted by atomic mass is 32.2. The topological polar surface area (TPSA) is 115 Å². The number of benzene rings is 2. The second kappa shape index (κ2) is 8.01. The van der Waals surface area contributed by atoms with Gasteiger partial charge >= 0.3 is 0 Å². The number of rotatable bonds is 5. The van der Waals surface area contributed by atoms with Crippen LogP contribution in [-0.2, 0) is 16.4 Å². The summed E-state index contributed by atoms with van der Waals surface area (Å²) in [7, 11) is -1.49. The number of hydrogen-bond acceptors (Lipinski definition) is 7. The molecule has 2 aromatic carbocycles. The van der Waals surface area contributed by atoms with Crippen LogP contribution < -0.4 is 15.5 Å². The summed E-state index contributed by atoms with van der Waals surface area (Å²) in [6.45, 7) is 0.238. The van der Waals surface area contributed by atoms with E-state index in [4.69, 9.17) is 5.73 Å². The van der Waals surface area contributed by atoms with Gasteiger partial charge in [-0.1, -0.05) is 24.3 Å². The van der Waals surface area contributed by atoms with Crippen molar-refractivity contribution in [3.63, 3.8) is 0 Å². The van der Waals surface area contributed by atoms with Crippen molar-refractivity contribution in [2.24, 2.45) is 4.99 Å². The fourth-order valence-corrected chi connectivity index (χ4v) is 6.03. The Kier molecular flexibility index (Phi) is 5.23. The van der Waals surface area contributed by atoms with E-state index in [0.717, 1.165) is 33.4 Å². The quantitative estimate of drug-likeness (QED) is 0.406. The van der Waals surface area contributed by atoms with Gasteiger partial charge in [-0.2, -0.15) is 4.99 Å². The third kappa shape index (κ3) is 3.65. The zero-order valence-corrected chi connectivity index (χ0v) is 20.2. The molecule has 172 valence electrons. The van der Waals surface area contributed by atoms with Gasteiger partial charge in [0.15, 0.2) is 27.0 Å². The van der Waals surface area contributed by atoms with Gasteiger partial charge in [-0.3, -0.25) is 4.79 Å². The molecule has 10 heteroatoms. The molecule has 1 unspecified atom stereocenters. The van der Waals surface area contributed by atoms with Crippen molar-refractivity contribution < 1.29 is 13.2 Å². The highest BCUT2D eigenvalue weighted by Gasteiger charge is 2.39. The number of nitrogens with two attached hydrogens (primary N) is 1. The summed E-state index contributed by atoms with van der Waals surface area (Å²) in [6.07, 6.45) is 2.93. The number of sulfone groups is 1. The maximum absolute atomic E-state index is 12.8. The highest BCUT2D eigenvalue weighted by molar-refractivity contribution is 7.90. The number of aromatic nitrogens is 1. The van der Waals surface area contributed by atoms with Crippen LogP contribution >= 0.6 is 11.3 Å². The van der Waals surface area contributed by atoms with Gasteiger partial charge in [0.05, 0.1) is 23.0 Å². The van der Waals surface area contributed by atoms with Crippen LogP contribution in [-0.4, -0.2) is 39.0 Å². The predicted octanol–water partition coefficient (Wildman–Crippen LogP) is 4.15. The molecule has 5 rings (SSSR count). The Morgan fingerprint density at radius 1 is 1.15 bits per heavy atom. The van der Waals surface area contributed by atoms with Crippen molar-refractivity contribution in [1.82, 2.24) is 14.8 Å². The predicted molar refractivity (Wildman–Crippen MR) is 137 cm³/mol. The van der Waals surface area contributed by atoms with E-state index in [2.05, 4.69) is 15.3 Å². The first-order chi connectivity index (χ1) is 16.2. The molecule has 0 bridgehead atoms. The third-order valence-electron chi connectivity index (χ3n) is 5.88. The molecule has 2 aromatic heterocycles. The number of thiophene rings is 1. The van der Waals surface area contributed by atoms with E-state index >= 15 is 0 Å². The fourth-order valence-electron chi connectivity index (χ4n) is 4.17. The Morgan fingerprint density at radius 3 is 2.74 bits per heavy atom. The van der Waals surface area contributed by atoms with E-state index in [0.29, 0.717) is 16.0 Å². The van der Waals surface area contributed by atoms with Crippen molar-refractivity contribution in [3.05, 3.63) is 71.1 Å². The van der Waals surface area contributed by atoms with Gasteiger partial charge < -0.3 is 11.1 Å². The number of carbonyl (C=O) groups is 1. The smallest absolute Gasteiger partial charge is 0.252 e. The van der Waals surface area contributed by atoms with Crippen LogP contribution in [0.25, 0.3) is 10.2 Å². The molecule has 3 N–H and O–H groups in total. The van der Waals surface area contributed by atoms with Gasteiger partial charge in [-0.05, 0) is 29.1 Å². The molecule has 1 atom stereocenters. The Balaban J connectivity index is 1.45. The lowest BCUT2D eigenvalue weighted by Gasteiger charge is -2.26. The molecule has 0 saturated heterocycles. The first-order valence-corrected chi connectivity index (χ1v) is 13.2. The largest absolute Gasteiger partial charge is 0.382 e. The Morgan fingerprint density at radius 2 is 1.94 bits per heavy atom. The minimum atomic E-state index is -3.52. The summed E-state index contributed by atoms with van der Waals surface area (Å²) in [4.78, 5) is 21.8. The van der Waals surface area contributed by atoms with Crippen LogP contribution in [0.2, 0.25) is 0 Å². The molecule has 3 heterocycles. The molecule has 0 spiro atoms. The molecule has 8 nitrogen and oxygen atoms in total. The zero-order valence-electron chi connectivity index (χ0n) is 18.5. The lowest BCUT2D eigenvalue weighted by molar-refractivity contribution is 0.0947. The van der Waals surface area contributed by atoms with Crippen molar-refractivity contribution in [2.75, 3.05) is 19.0 Å². The second-order valence-electron chi connectivity index (χ2n) is 8.27. The number of aliphatic imine (C=N–C) groups is 1. The fraction of sp³-hybridized carbons (Fsp3) is 0.125. The zero-order chi connectivity index (χ0) is 24.1. The van der Waals surface area contributed by atoms with Crippen LogP contribution in [0.4, 0.5) is 22.9 Å². The van der Waals surface area contributed by atoms with Crippen LogP contribution in [0.5, 0.6) is 0 Å². The number of amides is 1. The third-order valence-corrected chi connectivity index (χ3v) is 7.95. The standard InChI is InChI=1S/C24H21N5O3S2/c1-29(14-27-20-21(29)22-18(10-11-33-22)28-23(20)25)16-7-5-6-15(12-16)13-26-24(30)17-8-3-4-9-19(17)34(2,31)32/h3-12,14H,13H2,1-2H3,(H2-,25,26,28,30)/p+1. The molecule has 4 aromatic rings. The van der Waals surface area contributed by atoms with Gasteiger partial charge in [0.25, 0.3) is 5.91 Å². The minimum Gasteiger partial charge on any atom is -0.382 e. The van der Waals surface area contributed by atoms with Crippen molar-refractivity contribution in [3.8, 4) is 0 Å². The summed E-state index contributed by atoms with van der Waals surface area (Å²) < 4.78 is 25.4. The lowest BCUT2D eigenvalue weighted by atomic mass is 10.1. The molecule has 34 heavy (non-hydrogen) atoms. The van der Waals surface area contributed by atoms with Crippen LogP contribution in [0.1, 0.15) is 15.9 Å². The summed E-state index contributed by atoms with van der Waals surface area (Å²) >= 11 is 1.60. The molecule has 0 fully saturated rings. The number of nitrogens with one attached hydrogen (secondary N) is 1. The number of quaternary nitrogens is 1. The van der Waals surface area contributed by atoms with Crippen LogP contribution in [0.3, 0.4) is 0 Å². The Bertz CT molecular complexity index is 1590. The van der Waals surface area contributed by atoms with Crippen molar-refractivity contribution >= 4 is 66.5 Å². The monoisotopic (exact) mass is 492 g/mol. The molecule has 1 aliphatic rings. The Labute approximate surface area is 200 Å². The van der Waals surface area contributed by atoms with E-state index in [-0.39, 0.29) is 17.0 Å². The summed E-state index contributed by atoms with van der Waals surface area (Å²) in [5.74, 6) is -0.0500. The molecule has 0 aliphatic carbocycles. The van der Waals surface area contributed by atoms with E-state index in [1.165, 1.54) is 12.1 Å². The first-order valence-electron chi connectivity index (χ1n) is 10.4. The van der Waals surface area contributed by atoms with Gasteiger partial charge in [0.1, 0.15) is 10.4 Å². The van der Waals surface area contributed by atoms with E-state index < -0.39 is 15.7 Å². The summed E-state index contributed by atoms with van der Waals surface area (Å²) in [5.41, 5.74) is 10.6. The van der Waals surface area contributed by atoms with E-state index in [1.807, 2.05) is 49.1 Å². The van der Waals surface area contributed by atoms with Crippen molar-refractivity contribution in [1.29, 1.82) is 0 Å². The van der Waals surface area contributed by atoms with Gasteiger partial charge in [0.2, 0.25) is 6.34 Å². The summed E-state index contributed by atoms with van der Waals surface area (Å²) in [5, 5.41) is 4.83. The molecule has 1 amide bonds. The number of anilines is 1. The number of fused-ring (bicyclic) bond motifs is 3. The number of carbonyl (C=O) groups excluding carboxylic acids is 1. The SMILES string of the molecule is C[N+]1(c2cccc(CNC(=O)c3ccccc3S(C)(=O)=O)c2)C=Nc2c(N)nc3ccsc3c21. The van der Waals surface area contributed by atoms with Gasteiger partial charge in [-0.15, -0.1) is 11.3 Å². The average Bonchev–Trinajstić information content (AvgIpc) is 3.42. The summed E-state index contributed by atoms with van der Waals surface area (Å²) in [6, 6.07) is 16.0. The first kappa shape index (κ1) is 22.2. The Hall–Kier alpha value is -3.60. The maximum Gasteiger partial charge on any atom is 0.252 e. The number of nitrogen functional groups attached to an aromatic ring is 1. The lowest BCUT2D eigenvalue weighted by Crippen LogP contribution is -2.36.